The molecule has 0 bridgehead atoms. The van der Waals surface area contributed by atoms with E-state index in [0.29, 0.717) is 24.7 Å². The summed E-state index contributed by atoms with van der Waals surface area (Å²) in [6, 6.07) is 0. The fourth-order valence-corrected chi connectivity index (χ4v) is 3.14. The number of morpholine rings is 1. The number of carbonyl (C=O) groups excluding carboxylic acids is 1. The van der Waals surface area contributed by atoms with Crippen LogP contribution in [-0.4, -0.2) is 48.7 Å². The van der Waals surface area contributed by atoms with Gasteiger partial charge in [-0.3, -0.25) is 4.79 Å². The predicted octanol–water partition coefficient (Wildman–Crippen LogP) is 1.85. The number of hydrogen-bond acceptors (Lipinski definition) is 4. The molecule has 2 aliphatic rings. The number of pyridine rings is 1. The highest BCUT2D eigenvalue weighted by Gasteiger charge is 2.24. The van der Waals surface area contributed by atoms with Crippen molar-refractivity contribution in [3.63, 3.8) is 0 Å². The Balaban J connectivity index is 1.68. The van der Waals surface area contributed by atoms with Gasteiger partial charge in [-0.2, -0.15) is 0 Å². The highest BCUT2D eigenvalue weighted by atomic mass is 16.5. The molecule has 0 atom stereocenters. The van der Waals surface area contributed by atoms with Gasteiger partial charge in [0.1, 0.15) is 0 Å². The minimum Gasteiger partial charge on any atom is -0.378 e. The number of aromatic amines is 1. The summed E-state index contributed by atoms with van der Waals surface area (Å²) in [5.74, 6) is 1.56. The lowest BCUT2D eigenvalue weighted by Crippen LogP contribution is -2.37. The Kier molecular flexibility index (Phi) is 3.69. The summed E-state index contributed by atoms with van der Waals surface area (Å²) in [6.07, 6.45) is 6.13. The molecule has 1 aliphatic carbocycles. The summed E-state index contributed by atoms with van der Waals surface area (Å²) in [6.45, 7) is 5.88. The van der Waals surface area contributed by atoms with Gasteiger partial charge >= 0.3 is 0 Å². The second kappa shape index (κ2) is 5.85. The molecule has 1 saturated heterocycles. The zero-order valence-electron chi connectivity index (χ0n) is 13.4. The van der Waals surface area contributed by atoms with Crippen molar-refractivity contribution in [1.82, 2.24) is 15.3 Å². The highest BCUT2D eigenvalue weighted by Crippen LogP contribution is 2.30. The van der Waals surface area contributed by atoms with Gasteiger partial charge in [0.15, 0.2) is 5.82 Å². The lowest BCUT2D eigenvalue weighted by Gasteiger charge is -2.28. The molecule has 2 aromatic rings. The molecule has 0 aromatic carbocycles. The van der Waals surface area contributed by atoms with Crippen molar-refractivity contribution in [2.75, 3.05) is 37.7 Å². The van der Waals surface area contributed by atoms with Crippen LogP contribution in [0.4, 0.5) is 5.82 Å². The van der Waals surface area contributed by atoms with Gasteiger partial charge < -0.3 is 19.9 Å². The number of carbonyl (C=O) groups is 1. The van der Waals surface area contributed by atoms with Gasteiger partial charge in [-0.15, -0.1) is 0 Å². The van der Waals surface area contributed by atoms with Crippen LogP contribution in [-0.2, 0) is 4.74 Å². The number of rotatable bonds is 4. The fraction of sp³-hybridized carbons (Fsp3) is 0.529. The van der Waals surface area contributed by atoms with E-state index in [4.69, 9.17) is 4.74 Å². The van der Waals surface area contributed by atoms with Crippen molar-refractivity contribution in [1.29, 1.82) is 0 Å². The van der Waals surface area contributed by atoms with E-state index in [1.807, 2.05) is 13.1 Å². The molecular weight excluding hydrogens is 292 g/mol. The van der Waals surface area contributed by atoms with E-state index in [1.54, 1.807) is 6.20 Å². The molecule has 1 aliphatic heterocycles. The van der Waals surface area contributed by atoms with E-state index in [1.165, 1.54) is 12.8 Å². The summed E-state index contributed by atoms with van der Waals surface area (Å²) in [5.41, 5.74) is 2.69. The van der Waals surface area contributed by atoms with Crippen LogP contribution in [0.1, 0.15) is 28.8 Å². The van der Waals surface area contributed by atoms with Crippen LogP contribution in [0.2, 0.25) is 0 Å². The standard InChI is InChI=1S/C17H22N4O2/c1-11-8-18-15-14(11)13(17(22)20-9-12-2-3-12)10-19-16(15)21-4-6-23-7-5-21/h8,10,12,18H,2-7,9H2,1H3,(H,20,22). The summed E-state index contributed by atoms with van der Waals surface area (Å²) < 4.78 is 5.42. The normalized spacial score (nSPS) is 18.4. The summed E-state index contributed by atoms with van der Waals surface area (Å²) >= 11 is 0. The Morgan fingerprint density at radius 3 is 2.96 bits per heavy atom. The Labute approximate surface area is 135 Å². The number of H-pyrrole nitrogens is 1. The van der Waals surface area contributed by atoms with Gasteiger partial charge in [-0.1, -0.05) is 0 Å². The topological polar surface area (TPSA) is 70.2 Å². The molecule has 2 fully saturated rings. The van der Waals surface area contributed by atoms with E-state index in [2.05, 4.69) is 20.2 Å². The summed E-state index contributed by atoms with van der Waals surface area (Å²) in [4.78, 5) is 22.6. The monoisotopic (exact) mass is 314 g/mol. The van der Waals surface area contributed by atoms with Crippen LogP contribution in [0.3, 0.4) is 0 Å². The van der Waals surface area contributed by atoms with Gasteiger partial charge in [-0.05, 0) is 31.2 Å². The van der Waals surface area contributed by atoms with E-state index >= 15 is 0 Å². The molecule has 0 radical (unpaired) electrons. The fourth-order valence-electron chi connectivity index (χ4n) is 3.14. The Morgan fingerprint density at radius 1 is 1.43 bits per heavy atom. The molecule has 0 spiro atoms. The van der Waals surface area contributed by atoms with Gasteiger partial charge in [0.2, 0.25) is 0 Å². The first-order valence-electron chi connectivity index (χ1n) is 8.31. The van der Waals surface area contributed by atoms with E-state index in [9.17, 15) is 4.79 Å². The number of fused-ring (bicyclic) bond motifs is 1. The van der Waals surface area contributed by atoms with Crippen molar-refractivity contribution in [2.24, 2.45) is 5.92 Å². The molecule has 1 saturated carbocycles. The number of anilines is 1. The van der Waals surface area contributed by atoms with Crippen molar-refractivity contribution in [2.45, 2.75) is 19.8 Å². The minimum absolute atomic E-state index is 0.0226. The van der Waals surface area contributed by atoms with Crippen LogP contribution in [0, 0.1) is 12.8 Å². The molecule has 4 rings (SSSR count). The smallest absolute Gasteiger partial charge is 0.253 e. The van der Waals surface area contributed by atoms with Crippen LogP contribution in [0.5, 0.6) is 0 Å². The number of ether oxygens (including phenoxy) is 1. The highest BCUT2D eigenvalue weighted by molar-refractivity contribution is 6.09. The molecule has 6 nitrogen and oxygen atoms in total. The third-order valence-electron chi connectivity index (χ3n) is 4.69. The van der Waals surface area contributed by atoms with E-state index in [0.717, 1.165) is 41.9 Å². The van der Waals surface area contributed by atoms with Gasteiger partial charge in [-0.25, -0.2) is 4.98 Å². The lowest BCUT2D eigenvalue weighted by molar-refractivity contribution is 0.0953. The van der Waals surface area contributed by atoms with Crippen LogP contribution in [0.15, 0.2) is 12.4 Å². The largest absolute Gasteiger partial charge is 0.378 e. The zero-order valence-corrected chi connectivity index (χ0v) is 13.4. The number of nitrogens with one attached hydrogen (secondary N) is 2. The number of nitrogens with zero attached hydrogens (tertiary/aromatic N) is 2. The third-order valence-corrected chi connectivity index (χ3v) is 4.69. The third kappa shape index (κ3) is 2.79. The van der Waals surface area contributed by atoms with Gasteiger partial charge in [0.25, 0.3) is 5.91 Å². The molecule has 3 heterocycles. The van der Waals surface area contributed by atoms with Crippen LogP contribution >= 0.6 is 0 Å². The molecule has 0 unspecified atom stereocenters. The minimum atomic E-state index is -0.0226. The predicted molar refractivity (Wildman–Crippen MR) is 88.9 cm³/mol. The molecule has 23 heavy (non-hydrogen) atoms. The first-order valence-corrected chi connectivity index (χ1v) is 8.31. The lowest BCUT2D eigenvalue weighted by atomic mass is 10.1. The second-order valence-corrected chi connectivity index (χ2v) is 6.47. The number of aromatic nitrogens is 2. The average Bonchev–Trinajstić information content (AvgIpc) is 3.35. The molecule has 6 heteroatoms. The maximum absolute atomic E-state index is 12.5. The zero-order chi connectivity index (χ0) is 15.8. The molecule has 122 valence electrons. The number of amides is 1. The van der Waals surface area contributed by atoms with Crippen molar-refractivity contribution in [3.8, 4) is 0 Å². The molecular formula is C17H22N4O2. The average molecular weight is 314 g/mol. The van der Waals surface area contributed by atoms with Crippen molar-refractivity contribution < 1.29 is 9.53 Å². The van der Waals surface area contributed by atoms with Crippen molar-refractivity contribution in [3.05, 3.63) is 23.5 Å². The summed E-state index contributed by atoms with van der Waals surface area (Å²) in [5, 5.41) is 4.02. The van der Waals surface area contributed by atoms with E-state index < -0.39 is 0 Å². The molecule has 2 aromatic heterocycles. The first kappa shape index (κ1) is 14.5. The first-order chi connectivity index (χ1) is 11.2. The Morgan fingerprint density at radius 2 is 2.22 bits per heavy atom. The molecule has 1 amide bonds. The van der Waals surface area contributed by atoms with Gasteiger partial charge in [0, 0.05) is 37.4 Å². The number of aryl methyl sites for hydroxylation is 1. The Hall–Kier alpha value is -2.08. The number of hydrogen-bond donors (Lipinski definition) is 2. The maximum Gasteiger partial charge on any atom is 0.253 e. The maximum atomic E-state index is 12.5. The summed E-state index contributed by atoms with van der Waals surface area (Å²) in [7, 11) is 0. The SMILES string of the molecule is Cc1c[nH]c2c(N3CCOCC3)ncc(C(=O)NCC3CC3)c12. The van der Waals surface area contributed by atoms with Crippen LogP contribution < -0.4 is 10.2 Å². The van der Waals surface area contributed by atoms with Crippen LogP contribution in [0.25, 0.3) is 10.9 Å². The Bertz CT molecular complexity index is 730. The van der Waals surface area contributed by atoms with Crippen molar-refractivity contribution >= 4 is 22.6 Å². The quantitative estimate of drug-likeness (QED) is 0.903. The second-order valence-electron chi connectivity index (χ2n) is 6.47. The van der Waals surface area contributed by atoms with Gasteiger partial charge in [0.05, 0.1) is 24.3 Å². The molecule has 2 N–H and O–H groups in total. The van der Waals surface area contributed by atoms with E-state index in [-0.39, 0.29) is 5.91 Å².